The number of pyridine rings is 1. The summed E-state index contributed by atoms with van der Waals surface area (Å²) in [5.74, 6) is 0. The maximum Gasteiger partial charge on any atom is 0.278 e. The van der Waals surface area contributed by atoms with E-state index >= 15 is 0 Å². The Hall–Kier alpha value is -1.70. The van der Waals surface area contributed by atoms with Gasteiger partial charge in [-0.2, -0.15) is 5.26 Å². The molecule has 0 aliphatic carbocycles. The van der Waals surface area contributed by atoms with Crippen LogP contribution in [0.3, 0.4) is 0 Å². The van der Waals surface area contributed by atoms with Gasteiger partial charge in [0.25, 0.3) is 12.0 Å². The smallest absolute Gasteiger partial charge is 0.278 e. The summed E-state index contributed by atoms with van der Waals surface area (Å²) in [6.07, 6.45) is -2.76. The van der Waals surface area contributed by atoms with Crippen LogP contribution in [0.15, 0.2) is 10.9 Å². The highest BCUT2D eigenvalue weighted by Crippen LogP contribution is 2.16. The molecule has 3 nitrogen and oxygen atoms in total. The number of H-pyrrole nitrogens is 1. The molecule has 5 heteroatoms. The number of halogens is 2. The summed E-state index contributed by atoms with van der Waals surface area (Å²) < 4.78 is 24.2. The van der Waals surface area contributed by atoms with Gasteiger partial charge in [-0.3, -0.25) is 4.79 Å². The monoisotopic (exact) mass is 184 g/mol. The summed E-state index contributed by atoms with van der Waals surface area (Å²) in [5.41, 5.74) is -1.02. The second-order valence-corrected chi connectivity index (χ2v) is 2.50. The molecule has 1 aromatic heterocycles. The molecule has 0 unspecified atom stereocenters. The zero-order valence-corrected chi connectivity index (χ0v) is 6.77. The first kappa shape index (κ1) is 9.39. The molecule has 0 bridgehead atoms. The molecule has 0 atom stereocenters. The van der Waals surface area contributed by atoms with E-state index in [1.807, 2.05) is 4.98 Å². The predicted molar refractivity (Wildman–Crippen MR) is 41.5 cm³/mol. The fourth-order valence-electron chi connectivity index (χ4n) is 0.881. The molecule has 1 aromatic rings. The van der Waals surface area contributed by atoms with Gasteiger partial charge in [0, 0.05) is 5.56 Å². The fraction of sp³-hybridized carbons (Fsp3) is 0.250. The molecular formula is C8H6F2N2O. The van der Waals surface area contributed by atoms with Gasteiger partial charge in [0.1, 0.15) is 0 Å². The van der Waals surface area contributed by atoms with Crippen LogP contribution in [0.2, 0.25) is 0 Å². The van der Waals surface area contributed by atoms with E-state index in [2.05, 4.69) is 0 Å². The van der Waals surface area contributed by atoms with Crippen LogP contribution in [0.1, 0.15) is 23.2 Å². The molecule has 0 aliphatic heterocycles. The van der Waals surface area contributed by atoms with E-state index in [0.29, 0.717) is 0 Å². The number of rotatable bonds is 1. The van der Waals surface area contributed by atoms with Crippen molar-refractivity contribution < 1.29 is 8.78 Å². The van der Waals surface area contributed by atoms with Gasteiger partial charge in [0.15, 0.2) is 0 Å². The minimum Gasteiger partial charge on any atom is -0.321 e. The minimum absolute atomic E-state index is 0.0148. The molecule has 13 heavy (non-hydrogen) atoms. The number of nitrogens with zero attached hydrogens (tertiary/aromatic N) is 1. The lowest BCUT2D eigenvalue weighted by atomic mass is 10.1. The lowest BCUT2D eigenvalue weighted by Crippen LogP contribution is -2.14. The van der Waals surface area contributed by atoms with Crippen LogP contribution in [-0.2, 0) is 0 Å². The van der Waals surface area contributed by atoms with Gasteiger partial charge in [0.05, 0.1) is 17.3 Å². The molecule has 68 valence electrons. The Morgan fingerprint density at radius 2 is 2.23 bits per heavy atom. The first-order chi connectivity index (χ1) is 6.06. The number of hydrogen-bond acceptors (Lipinski definition) is 2. The van der Waals surface area contributed by atoms with Crippen molar-refractivity contribution in [3.05, 3.63) is 33.2 Å². The first-order valence-electron chi connectivity index (χ1n) is 3.48. The molecule has 1 N–H and O–H groups in total. The van der Waals surface area contributed by atoms with Crippen molar-refractivity contribution in [2.75, 3.05) is 0 Å². The SMILES string of the molecule is Cc1c(C#N)cc(C(F)F)[nH]c1=O. The van der Waals surface area contributed by atoms with E-state index in [4.69, 9.17) is 5.26 Å². The highest BCUT2D eigenvalue weighted by Gasteiger charge is 2.11. The average Bonchev–Trinajstić information content (AvgIpc) is 2.09. The van der Waals surface area contributed by atoms with Crippen LogP contribution in [0, 0.1) is 18.3 Å². The van der Waals surface area contributed by atoms with Crippen LogP contribution in [0.4, 0.5) is 8.78 Å². The first-order valence-corrected chi connectivity index (χ1v) is 3.48. The molecule has 1 heterocycles. The average molecular weight is 184 g/mol. The number of nitrogens with one attached hydrogen (secondary N) is 1. The predicted octanol–water partition coefficient (Wildman–Crippen LogP) is 1.49. The van der Waals surface area contributed by atoms with E-state index in [0.717, 1.165) is 6.07 Å². The van der Waals surface area contributed by atoms with Crippen molar-refractivity contribution in [3.8, 4) is 6.07 Å². The topological polar surface area (TPSA) is 56.6 Å². The maximum absolute atomic E-state index is 12.1. The van der Waals surface area contributed by atoms with E-state index < -0.39 is 17.7 Å². The summed E-state index contributed by atoms with van der Waals surface area (Å²) in [5, 5.41) is 8.50. The third-order valence-corrected chi connectivity index (χ3v) is 1.66. The summed E-state index contributed by atoms with van der Waals surface area (Å²) >= 11 is 0. The van der Waals surface area contributed by atoms with E-state index in [1.165, 1.54) is 6.92 Å². The van der Waals surface area contributed by atoms with E-state index in [1.54, 1.807) is 6.07 Å². The maximum atomic E-state index is 12.1. The van der Waals surface area contributed by atoms with Crippen molar-refractivity contribution in [3.63, 3.8) is 0 Å². The Labute approximate surface area is 72.6 Å². The normalized spacial score (nSPS) is 10.1. The van der Waals surface area contributed by atoms with Crippen molar-refractivity contribution >= 4 is 0 Å². The van der Waals surface area contributed by atoms with Crippen LogP contribution < -0.4 is 5.56 Å². The number of hydrogen-bond donors (Lipinski definition) is 1. The number of alkyl halides is 2. The van der Waals surface area contributed by atoms with Crippen LogP contribution in [0.5, 0.6) is 0 Å². The van der Waals surface area contributed by atoms with Crippen molar-refractivity contribution in [1.82, 2.24) is 4.98 Å². The van der Waals surface area contributed by atoms with Crippen molar-refractivity contribution in [2.24, 2.45) is 0 Å². The van der Waals surface area contributed by atoms with Crippen LogP contribution in [-0.4, -0.2) is 4.98 Å². The Balaban J connectivity index is 3.42. The van der Waals surface area contributed by atoms with Crippen LogP contribution in [0.25, 0.3) is 0 Å². The standard InChI is InChI=1S/C8H6F2N2O/c1-4-5(3-11)2-6(7(9)10)12-8(4)13/h2,7H,1H3,(H,12,13). The highest BCUT2D eigenvalue weighted by molar-refractivity contribution is 5.36. The van der Waals surface area contributed by atoms with Crippen molar-refractivity contribution in [1.29, 1.82) is 5.26 Å². The third kappa shape index (κ3) is 1.72. The van der Waals surface area contributed by atoms with E-state index in [-0.39, 0.29) is 11.1 Å². The van der Waals surface area contributed by atoms with Gasteiger partial charge in [-0.25, -0.2) is 8.78 Å². The lowest BCUT2D eigenvalue weighted by molar-refractivity contribution is 0.145. The lowest BCUT2D eigenvalue weighted by Gasteiger charge is -2.01. The van der Waals surface area contributed by atoms with Gasteiger partial charge >= 0.3 is 0 Å². The largest absolute Gasteiger partial charge is 0.321 e. The molecule has 0 saturated heterocycles. The van der Waals surface area contributed by atoms with E-state index in [9.17, 15) is 13.6 Å². The number of aromatic nitrogens is 1. The molecule has 0 aromatic carbocycles. The van der Waals surface area contributed by atoms with Crippen molar-refractivity contribution in [2.45, 2.75) is 13.3 Å². The molecule has 0 saturated carbocycles. The van der Waals surface area contributed by atoms with Gasteiger partial charge < -0.3 is 4.98 Å². The second kappa shape index (κ2) is 3.35. The quantitative estimate of drug-likeness (QED) is 0.718. The molecule has 0 fully saturated rings. The Bertz CT molecular complexity index is 417. The summed E-state index contributed by atoms with van der Waals surface area (Å²) in [6, 6.07) is 2.67. The summed E-state index contributed by atoms with van der Waals surface area (Å²) in [7, 11) is 0. The highest BCUT2D eigenvalue weighted by atomic mass is 19.3. The Kier molecular flexibility index (Phi) is 2.42. The Morgan fingerprint density at radius 3 is 2.69 bits per heavy atom. The number of nitriles is 1. The minimum atomic E-state index is -2.76. The summed E-state index contributed by atoms with van der Waals surface area (Å²) in [6.45, 7) is 1.41. The van der Waals surface area contributed by atoms with Gasteiger partial charge in [0.2, 0.25) is 0 Å². The second-order valence-electron chi connectivity index (χ2n) is 2.50. The third-order valence-electron chi connectivity index (χ3n) is 1.66. The fourth-order valence-corrected chi connectivity index (χ4v) is 0.881. The zero-order valence-electron chi connectivity index (χ0n) is 6.77. The Morgan fingerprint density at radius 1 is 1.62 bits per heavy atom. The molecular weight excluding hydrogens is 178 g/mol. The molecule has 0 aliphatic rings. The molecule has 1 rings (SSSR count). The molecule has 0 radical (unpaired) electrons. The summed E-state index contributed by atoms with van der Waals surface area (Å²) in [4.78, 5) is 13.0. The van der Waals surface area contributed by atoms with Gasteiger partial charge in [-0.05, 0) is 13.0 Å². The van der Waals surface area contributed by atoms with Gasteiger partial charge in [-0.15, -0.1) is 0 Å². The zero-order chi connectivity index (χ0) is 10.0. The molecule has 0 spiro atoms. The van der Waals surface area contributed by atoms with Gasteiger partial charge in [-0.1, -0.05) is 0 Å². The number of aromatic amines is 1. The molecule has 0 amide bonds. The van der Waals surface area contributed by atoms with Crippen LogP contribution >= 0.6 is 0 Å².